The Morgan fingerprint density at radius 3 is 2.44 bits per heavy atom. The van der Waals surface area contributed by atoms with Crippen molar-refractivity contribution in [1.29, 1.82) is 0 Å². The molecule has 0 radical (unpaired) electrons. The Balaban J connectivity index is 2.04. The van der Waals surface area contributed by atoms with Crippen molar-refractivity contribution in [3.63, 3.8) is 0 Å². The van der Waals surface area contributed by atoms with E-state index in [1.54, 1.807) is 12.1 Å². The summed E-state index contributed by atoms with van der Waals surface area (Å²) in [5.41, 5.74) is 0.855. The van der Waals surface area contributed by atoms with Gasteiger partial charge in [-0.2, -0.15) is 0 Å². The zero-order valence-electron chi connectivity index (χ0n) is 10.0. The highest BCUT2D eigenvalue weighted by Gasteiger charge is 2.36. The van der Waals surface area contributed by atoms with Gasteiger partial charge in [0.15, 0.2) is 9.84 Å². The molecule has 1 aromatic rings. The van der Waals surface area contributed by atoms with Gasteiger partial charge in [0.1, 0.15) is 5.82 Å². The largest absolute Gasteiger partial charge is 0.390 e. The molecule has 100 valence electrons. The average Bonchev–Trinajstić information content (AvgIpc) is 2.52. The molecular formula is C12H16FNO3S. The molecule has 0 aromatic heterocycles. The van der Waals surface area contributed by atoms with Crippen molar-refractivity contribution >= 4 is 9.84 Å². The minimum atomic E-state index is -3.15. The second-order valence-electron chi connectivity index (χ2n) is 4.69. The molecule has 0 spiro atoms. The van der Waals surface area contributed by atoms with Gasteiger partial charge in [-0.25, -0.2) is 12.8 Å². The van der Waals surface area contributed by atoms with Crippen LogP contribution in [0.1, 0.15) is 18.5 Å². The highest BCUT2D eigenvalue weighted by atomic mass is 32.2. The van der Waals surface area contributed by atoms with Crippen molar-refractivity contribution < 1.29 is 17.9 Å². The predicted molar refractivity (Wildman–Crippen MR) is 66.4 cm³/mol. The van der Waals surface area contributed by atoms with Crippen LogP contribution in [0.15, 0.2) is 24.3 Å². The molecule has 18 heavy (non-hydrogen) atoms. The van der Waals surface area contributed by atoms with E-state index in [2.05, 4.69) is 5.32 Å². The van der Waals surface area contributed by atoms with Gasteiger partial charge in [0.05, 0.1) is 17.6 Å². The van der Waals surface area contributed by atoms with Gasteiger partial charge in [-0.05, 0) is 24.6 Å². The Morgan fingerprint density at radius 1 is 1.33 bits per heavy atom. The van der Waals surface area contributed by atoms with Crippen LogP contribution in [0.4, 0.5) is 4.39 Å². The normalized spacial score (nSPS) is 28.2. The van der Waals surface area contributed by atoms with Gasteiger partial charge < -0.3 is 10.4 Å². The van der Waals surface area contributed by atoms with E-state index in [0.717, 1.165) is 5.56 Å². The fraction of sp³-hybridized carbons (Fsp3) is 0.500. The lowest BCUT2D eigenvalue weighted by Crippen LogP contribution is -2.40. The zero-order valence-corrected chi connectivity index (χ0v) is 10.8. The summed E-state index contributed by atoms with van der Waals surface area (Å²) in [6, 6.07) is 5.39. The Morgan fingerprint density at radius 2 is 1.94 bits per heavy atom. The fourth-order valence-corrected chi connectivity index (χ4v) is 3.91. The van der Waals surface area contributed by atoms with E-state index in [1.165, 1.54) is 12.1 Å². The van der Waals surface area contributed by atoms with Gasteiger partial charge in [-0.15, -0.1) is 0 Å². The third kappa shape index (κ3) is 3.07. The Bertz CT molecular complexity index is 515. The molecule has 4 nitrogen and oxygen atoms in total. The number of sulfone groups is 1. The summed E-state index contributed by atoms with van der Waals surface area (Å²) in [6.45, 7) is 1.85. The predicted octanol–water partition coefficient (Wildman–Crippen LogP) is 0.634. The van der Waals surface area contributed by atoms with E-state index in [9.17, 15) is 17.9 Å². The van der Waals surface area contributed by atoms with E-state index < -0.39 is 22.0 Å². The van der Waals surface area contributed by atoms with Crippen LogP contribution in [0.3, 0.4) is 0 Å². The average molecular weight is 273 g/mol. The number of hydrogen-bond donors (Lipinski definition) is 2. The molecule has 1 aliphatic rings. The minimum absolute atomic E-state index is 0.0559. The molecule has 1 fully saturated rings. The molecule has 0 amide bonds. The first-order valence-electron chi connectivity index (χ1n) is 5.77. The molecule has 2 rings (SSSR count). The molecule has 1 aromatic carbocycles. The summed E-state index contributed by atoms with van der Waals surface area (Å²) in [5.74, 6) is -0.560. The highest BCUT2D eigenvalue weighted by Crippen LogP contribution is 2.18. The third-order valence-electron chi connectivity index (χ3n) is 3.16. The number of hydrogen-bond acceptors (Lipinski definition) is 4. The molecule has 0 bridgehead atoms. The molecule has 2 N–H and O–H groups in total. The van der Waals surface area contributed by atoms with Crippen molar-refractivity contribution in [2.24, 2.45) is 0 Å². The van der Waals surface area contributed by atoms with E-state index in [1.807, 2.05) is 6.92 Å². The quantitative estimate of drug-likeness (QED) is 0.848. The molecule has 1 heterocycles. The summed E-state index contributed by atoms with van der Waals surface area (Å²) in [5, 5.41) is 12.7. The Kier molecular flexibility index (Phi) is 3.70. The minimum Gasteiger partial charge on any atom is -0.390 e. The number of halogens is 1. The summed E-state index contributed by atoms with van der Waals surface area (Å²) in [7, 11) is -3.15. The molecular weight excluding hydrogens is 257 g/mol. The zero-order chi connectivity index (χ0) is 13.3. The van der Waals surface area contributed by atoms with Crippen LogP contribution >= 0.6 is 0 Å². The highest BCUT2D eigenvalue weighted by molar-refractivity contribution is 7.91. The standard InChI is InChI=1S/C12H16FNO3S/c1-8(9-2-4-10(13)5-3-9)14-11-6-18(16,17)7-12(11)15/h2-5,8,11-12,14-15H,6-7H2,1H3/t8-,11?,12?/m0/s1. The molecule has 0 saturated carbocycles. The maximum atomic E-state index is 12.8. The van der Waals surface area contributed by atoms with Crippen molar-refractivity contribution in [3.8, 4) is 0 Å². The van der Waals surface area contributed by atoms with Crippen LogP contribution < -0.4 is 5.32 Å². The summed E-state index contributed by atoms with van der Waals surface area (Å²) >= 11 is 0. The van der Waals surface area contributed by atoms with Crippen LogP contribution in [0.25, 0.3) is 0 Å². The topological polar surface area (TPSA) is 66.4 Å². The molecule has 3 atom stereocenters. The number of rotatable bonds is 3. The van der Waals surface area contributed by atoms with Gasteiger partial charge in [0, 0.05) is 12.1 Å². The Labute approximate surface area is 106 Å². The first kappa shape index (κ1) is 13.5. The van der Waals surface area contributed by atoms with Gasteiger partial charge in [-0.3, -0.25) is 0 Å². The number of nitrogens with one attached hydrogen (secondary N) is 1. The fourth-order valence-electron chi connectivity index (χ4n) is 2.16. The molecule has 1 saturated heterocycles. The van der Waals surface area contributed by atoms with Crippen LogP contribution in [0.2, 0.25) is 0 Å². The first-order valence-corrected chi connectivity index (χ1v) is 7.59. The summed E-state index contributed by atoms with van der Waals surface area (Å²) < 4.78 is 35.5. The van der Waals surface area contributed by atoms with Crippen LogP contribution in [0, 0.1) is 5.82 Å². The van der Waals surface area contributed by atoms with Crippen LogP contribution in [-0.2, 0) is 9.84 Å². The van der Waals surface area contributed by atoms with Crippen molar-refractivity contribution in [2.75, 3.05) is 11.5 Å². The van der Waals surface area contributed by atoms with Gasteiger partial charge in [0.25, 0.3) is 0 Å². The van der Waals surface area contributed by atoms with Crippen molar-refractivity contribution in [2.45, 2.75) is 25.1 Å². The summed E-state index contributed by atoms with van der Waals surface area (Å²) in [6.07, 6.45) is -0.877. The molecule has 6 heteroatoms. The lowest BCUT2D eigenvalue weighted by Gasteiger charge is -2.21. The van der Waals surface area contributed by atoms with E-state index >= 15 is 0 Å². The van der Waals surface area contributed by atoms with Gasteiger partial charge >= 0.3 is 0 Å². The number of aliphatic hydroxyl groups is 1. The van der Waals surface area contributed by atoms with Crippen LogP contribution in [-0.4, -0.2) is 37.2 Å². The monoisotopic (exact) mass is 273 g/mol. The van der Waals surface area contributed by atoms with E-state index in [4.69, 9.17) is 0 Å². The van der Waals surface area contributed by atoms with E-state index in [-0.39, 0.29) is 23.4 Å². The smallest absolute Gasteiger partial charge is 0.154 e. The number of aliphatic hydroxyl groups excluding tert-OH is 1. The lowest BCUT2D eigenvalue weighted by molar-refractivity contribution is 0.160. The molecule has 0 aliphatic carbocycles. The van der Waals surface area contributed by atoms with Crippen molar-refractivity contribution in [1.82, 2.24) is 5.32 Å². The van der Waals surface area contributed by atoms with Gasteiger partial charge in [-0.1, -0.05) is 12.1 Å². The maximum absolute atomic E-state index is 12.8. The molecule has 1 aliphatic heterocycles. The SMILES string of the molecule is C[C@H](NC1CS(=O)(=O)CC1O)c1ccc(F)cc1. The second kappa shape index (κ2) is 4.95. The van der Waals surface area contributed by atoms with Crippen molar-refractivity contribution in [3.05, 3.63) is 35.6 Å². The summed E-state index contributed by atoms with van der Waals surface area (Å²) in [4.78, 5) is 0. The maximum Gasteiger partial charge on any atom is 0.154 e. The third-order valence-corrected chi connectivity index (χ3v) is 4.87. The van der Waals surface area contributed by atoms with E-state index in [0.29, 0.717) is 0 Å². The first-order chi connectivity index (χ1) is 8.37. The van der Waals surface area contributed by atoms with Gasteiger partial charge in [0.2, 0.25) is 0 Å². The molecule has 2 unspecified atom stereocenters. The van der Waals surface area contributed by atoms with Crippen LogP contribution in [0.5, 0.6) is 0 Å². The Hall–Kier alpha value is -0.980. The number of benzene rings is 1. The lowest BCUT2D eigenvalue weighted by atomic mass is 10.1. The second-order valence-corrected chi connectivity index (χ2v) is 6.84.